The standard InChI is InChI=1S/C38H20N2S4/c1-5-13-27-21(9-1)22-10-2-6-14-28(22)39(27)32-19-25-34-35(42-31-17-18-41-38(31)34)26-20-33(44-37(26)36(25)43-32)40-29-15-7-3-11-23(29)24-12-4-8-16-30(24)40/h1-20H. The summed E-state index contributed by atoms with van der Waals surface area (Å²) in [5.74, 6) is 0. The summed E-state index contributed by atoms with van der Waals surface area (Å²) >= 11 is 7.69. The molecule has 2 nitrogen and oxygen atoms in total. The maximum atomic E-state index is 2.48. The molecule has 44 heavy (non-hydrogen) atoms. The van der Waals surface area contributed by atoms with Crippen LogP contribution in [0, 0.1) is 0 Å². The summed E-state index contributed by atoms with van der Waals surface area (Å²) in [6.45, 7) is 0. The highest BCUT2D eigenvalue weighted by Crippen LogP contribution is 2.52. The number of hydrogen-bond acceptors (Lipinski definition) is 4. The molecule has 0 atom stereocenters. The quantitative estimate of drug-likeness (QED) is 0.179. The van der Waals surface area contributed by atoms with Crippen molar-refractivity contribution in [3.05, 3.63) is 121 Å². The smallest absolute Gasteiger partial charge is 0.101 e. The average molecular weight is 633 g/mol. The Morgan fingerprint density at radius 3 is 1.36 bits per heavy atom. The van der Waals surface area contributed by atoms with Crippen molar-refractivity contribution in [1.29, 1.82) is 0 Å². The minimum Gasteiger partial charge on any atom is -0.301 e. The van der Waals surface area contributed by atoms with E-state index in [-0.39, 0.29) is 0 Å². The number of hydrogen-bond donors (Lipinski definition) is 0. The van der Waals surface area contributed by atoms with Crippen LogP contribution in [-0.4, -0.2) is 9.13 Å². The number of aromatic nitrogens is 2. The van der Waals surface area contributed by atoms with Crippen molar-refractivity contribution in [1.82, 2.24) is 9.13 Å². The van der Waals surface area contributed by atoms with Crippen LogP contribution >= 0.6 is 45.3 Å². The third-order valence-corrected chi connectivity index (χ3v) is 13.7. The van der Waals surface area contributed by atoms with E-state index in [9.17, 15) is 0 Å². The third-order valence-electron chi connectivity index (χ3n) is 9.05. The largest absolute Gasteiger partial charge is 0.301 e. The number of thiophene rings is 4. The van der Waals surface area contributed by atoms with Crippen molar-refractivity contribution in [2.45, 2.75) is 0 Å². The summed E-state index contributed by atoms with van der Waals surface area (Å²) in [6.07, 6.45) is 0. The average Bonchev–Trinajstić information content (AvgIpc) is 3.89. The lowest BCUT2D eigenvalue weighted by Gasteiger charge is -2.03. The van der Waals surface area contributed by atoms with E-state index in [0.29, 0.717) is 0 Å². The zero-order valence-electron chi connectivity index (χ0n) is 23.1. The van der Waals surface area contributed by atoms with Gasteiger partial charge in [-0.1, -0.05) is 72.8 Å². The molecule has 0 spiro atoms. The fourth-order valence-electron chi connectivity index (χ4n) is 7.25. The van der Waals surface area contributed by atoms with Gasteiger partial charge in [0, 0.05) is 47.1 Å². The molecule has 6 heteroatoms. The minimum absolute atomic E-state index is 1.26. The normalized spacial score (nSPS) is 12.5. The lowest BCUT2D eigenvalue weighted by atomic mass is 10.1. The maximum absolute atomic E-state index is 2.48. The first-order valence-electron chi connectivity index (χ1n) is 14.6. The van der Waals surface area contributed by atoms with Crippen LogP contribution in [0.4, 0.5) is 0 Å². The molecule has 6 aromatic heterocycles. The molecule has 0 amide bonds. The van der Waals surface area contributed by atoms with E-state index < -0.39 is 0 Å². The third kappa shape index (κ3) is 2.99. The molecule has 0 radical (unpaired) electrons. The van der Waals surface area contributed by atoms with E-state index in [2.05, 4.69) is 130 Å². The molecule has 206 valence electrons. The van der Waals surface area contributed by atoms with Crippen LogP contribution in [0.5, 0.6) is 0 Å². The van der Waals surface area contributed by atoms with Crippen LogP contribution in [0.1, 0.15) is 0 Å². The minimum atomic E-state index is 1.26. The highest BCUT2D eigenvalue weighted by Gasteiger charge is 2.23. The molecular weight excluding hydrogens is 613 g/mol. The summed E-state index contributed by atoms with van der Waals surface area (Å²) in [7, 11) is 0. The first-order valence-corrected chi connectivity index (χ1v) is 17.9. The van der Waals surface area contributed by atoms with Crippen LogP contribution in [-0.2, 0) is 0 Å². The van der Waals surface area contributed by atoms with Gasteiger partial charge in [0.25, 0.3) is 0 Å². The molecule has 0 fully saturated rings. The Morgan fingerprint density at radius 1 is 0.386 bits per heavy atom. The van der Waals surface area contributed by atoms with Gasteiger partial charge in [-0.2, -0.15) is 0 Å². The van der Waals surface area contributed by atoms with Gasteiger partial charge in [-0.25, -0.2) is 0 Å². The zero-order chi connectivity index (χ0) is 28.5. The summed E-state index contributed by atoms with van der Waals surface area (Å²) in [5, 5.41) is 14.2. The highest BCUT2D eigenvalue weighted by atomic mass is 32.1. The van der Waals surface area contributed by atoms with Gasteiger partial charge in [0.05, 0.1) is 36.2 Å². The summed E-state index contributed by atoms with van der Waals surface area (Å²) in [5.41, 5.74) is 5.04. The molecule has 0 aliphatic carbocycles. The fourth-order valence-corrected chi connectivity index (χ4v) is 12.3. The van der Waals surface area contributed by atoms with Crippen molar-refractivity contribution >= 4 is 129 Å². The van der Waals surface area contributed by atoms with Gasteiger partial charge < -0.3 is 9.13 Å². The Hall–Kier alpha value is -4.46. The van der Waals surface area contributed by atoms with Crippen molar-refractivity contribution in [2.75, 3.05) is 0 Å². The molecule has 0 unspecified atom stereocenters. The van der Waals surface area contributed by atoms with Crippen LogP contribution in [0.15, 0.2) is 121 Å². The predicted octanol–water partition coefficient (Wildman–Crippen LogP) is 12.7. The van der Waals surface area contributed by atoms with E-state index in [4.69, 9.17) is 0 Å². The van der Waals surface area contributed by atoms with Crippen LogP contribution in [0.25, 0.3) is 93.3 Å². The fraction of sp³-hybridized carbons (Fsp3) is 0. The van der Waals surface area contributed by atoms with Gasteiger partial charge in [0.2, 0.25) is 0 Å². The van der Waals surface area contributed by atoms with E-state index >= 15 is 0 Å². The molecule has 0 saturated heterocycles. The number of fused-ring (bicyclic) bond motifs is 14. The lowest BCUT2D eigenvalue weighted by molar-refractivity contribution is 1.22. The van der Waals surface area contributed by atoms with E-state index in [1.807, 2.05) is 45.3 Å². The van der Waals surface area contributed by atoms with Crippen LogP contribution in [0.2, 0.25) is 0 Å². The second-order valence-electron chi connectivity index (χ2n) is 11.3. The van der Waals surface area contributed by atoms with Gasteiger partial charge in [-0.3, -0.25) is 0 Å². The molecule has 0 saturated carbocycles. The van der Waals surface area contributed by atoms with Crippen molar-refractivity contribution in [3.8, 4) is 10.0 Å². The van der Waals surface area contributed by atoms with E-state index in [1.54, 1.807) is 0 Å². The molecule has 5 aromatic carbocycles. The molecule has 0 bridgehead atoms. The molecule has 11 rings (SSSR count). The predicted molar refractivity (Wildman–Crippen MR) is 197 cm³/mol. The molecule has 0 N–H and O–H groups in total. The second kappa shape index (κ2) is 8.58. The zero-order valence-corrected chi connectivity index (χ0v) is 26.3. The van der Waals surface area contributed by atoms with Gasteiger partial charge in [-0.05, 0) is 47.8 Å². The summed E-state index contributed by atoms with van der Waals surface area (Å²) in [6, 6.07) is 42.5. The first-order chi connectivity index (χ1) is 21.8. The summed E-state index contributed by atoms with van der Waals surface area (Å²) < 4.78 is 11.9. The Balaban J connectivity index is 1.29. The van der Waals surface area contributed by atoms with Crippen molar-refractivity contribution < 1.29 is 0 Å². The SMILES string of the molecule is c1ccc2c(c1)c1ccccc1n2-c1cc2c(s1)c1sc(-n3c4ccccc4c4ccccc43)cc1c1c3sccc3sc21. The molecular formula is C38H20N2S4. The van der Waals surface area contributed by atoms with E-state index in [0.717, 1.165) is 0 Å². The number of nitrogens with zero attached hydrogens (tertiary/aromatic N) is 2. The topological polar surface area (TPSA) is 9.86 Å². The van der Waals surface area contributed by atoms with Gasteiger partial charge in [0.1, 0.15) is 10.0 Å². The van der Waals surface area contributed by atoms with Crippen LogP contribution < -0.4 is 0 Å². The van der Waals surface area contributed by atoms with Gasteiger partial charge >= 0.3 is 0 Å². The highest BCUT2D eigenvalue weighted by molar-refractivity contribution is 7.35. The van der Waals surface area contributed by atoms with Crippen molar-refractivity contribution in [2.24, 2.45) is 0 Å². The van der Waals surface area contributed by atoms with Gasteiger partial charge in [0.15, 0.2) is 0 Å². The number of benzene rings is 5. The first kappa shape index (κ1) is 23.9. The maximum Gasteiger partial charge on any atom is 0.101 e. The van der Waals surface area contributed by atoms with E-state index in [1.165, 1.54) is 93.3 Å². The Kier molecular flexibility index (Phi) is 4.67. The number of rotatable bonds is 2. The Labute approximate surface area is 266 Å². The van der Waals surface area contributed by atoms with Gasteiger partial charge in [-0.15, -0.1) is 45.3 Å². The Morgan fingerprint density at radius 2 is 0.841 bits per heavy atom. The number of para-hydroxylation sites is 4. The Bertz CT molecular complexity index is 2850. The molecule has 11 aromatic rings. The second-order valence-corrected chi connectivity index (χ2v) is 15.3. The van der Waals surface area contributed by atoms with Crippen molar-refractivity contribution in [3.63, 3.8) is 0 Å². The molecule has 0 aliphatic rings. The lowest BCUT2D eigenvalue weighted by Crippen LogP contribution is -1.89. The monoisotopic (exact) mass is 632 g/mol. The molecule has 6 heterocycles. The molecule has 0 aliphatic heterocycles. The summed E-state index contributed by atoms with van der Waals surface area (Å²) in [4.78, 5) is 0. The van der Waals surface area contributed by atoms with Crippen LogP contribution in [0.3, 0.4) is 0 Å².